The fourth-order valence-corrected chi connectivity index (χ4v) is 7.54. The van der Waals surface area contributed by atoms with Crippen LogP contribution in [0.3, 0.4) is 0 Å². The molecule has 1 unspecified atom stereocenters. The molecule has 192 valence electrons. The van der Waals surface area contributed by atoms with E-state index in [2.05, 4.69) is 0 Å². The van der Waals surface area contributed by atoms with Gasteiger partial charge in [0.25, 0.3) is 0 Å². The molecule has 2 heterocycles. The first-order valence-corrected chi connectivity index (χ1v) is 13.7. The van der Waals surface area contributed by atoms with Gasteiger partial charge in [-0.1, -0.05) is 43.5 Å². The van der Waals surface area contributed by atoms with Crippen LogP contribution in [0, 0.1) is 5.92 Å². The van der Waals surface area contributed by atoms with Crippen molar-refractivity contribution in [2.45, 2.75) is 61.4 Å². The minimum absolute atomic E-state index is 0.0766. The number of hydrogen-bond acceptors (Lipinski definition) is 8. The molecule has 36 heavy (non-hydrogen) atoms. The van der Waals surface area contributed by atoms with Crippen molar-refractivity contribution in [1.29, 1.82) is 0 Å². The summed E-state index contributed by atoms with van der Waals surface area (Å²) in [6.45, 7) is 1.24. The fourth-order valence-electron chi connectivity index (χ4n) is 5.41. The Morgan fingerprint density at radius 3 is 2.44 bits per heavy atom. The van der Waals surface area contributed by atoms with Crippen LogP contribution in [0.2, 0.25) is 0 Å². The Morgan fingerprint density at radius 1 is 1.00 bits per heavy atom. The highest BCUT2D eigenvalue weighted by Crippen LogP contribution is 2.42. The number of carbonyl (C=O) groups is 2. The maximum absolute atomic E-state index is 14.1. The van der Waals surface area contributed by atoms with E-state index in [9.17, 15) is 18.0 Å². The Hall–Kier alpha value is -3.27. The van der Waals surface area contributed by atoms with Crippen molar-refractivity contribution in [3.8, 4) is 11.5 Å². The van der Waals surface area contributed by atoms with Crippen molar-refractivity contribution in [3.05, 3.63) is 54.1 Å². The molecule has 2 aromatic rings. The van der Waals surface area contributed by atoms with Crippen LogP contribution in [0.25, 0.3) is 0 Å². The molecule has 2 aliphatic heterocycles. The summed E-state index contributed by atoms with van der Waals surface area (Å²) in [4.78, 5) is 26.8. The van der Waals surface area contributed by atoms with Gasteiger partial charge in [0.05, 0.1) is 4.90 Å². The van der Waals surface area contributed by atoms with E-state index >= 15 is 0 Å². The Kier molecular flexibility index (Phi) is 6.79. The highest BCUT2D eigenvalue weighted by Gasteiger charge is 2.51. The van der Waals surface area contributed by atoms with Crippen molar-refractivity contribution in [2.24, 2.45) is 5.92 Å². The largest absolute Gasteiger partial charge is 0.455 e. The molecule has 2 fully saturated rings. The summed E-state index contributed by atoms with van der Waals surface area (Å²) in [6.07, 6.45) is 2.46. The highest BCUT2D eigenvalue weighted by atomic mass is 32.2. The number of carbonyl (C=O) groups excluding carboxylic acids is 2. The predicted molar refractivity (Wildman–Crippen MR) is 128 cm³/mol. The smallest absolute Gasteiger partial charge is 0.411 e. The number of nitrogens with zero attached hydrogens (tertiary/aromatic N) is 1. The molecule has 5 rings (SSSR count). The van der Waals surface area contributed by atoms with E-state index in [0.717, 1.165) is 19.3 Å². The third-order valence-electron chi connectivity index (χ3n) is 7.03. The SMILES string of the molecule is CC(=O)O[C@@H](c1ccc2c(c1)OCO2)[C@H]1COC(=O)N1C(C1CCCCC1)S(=O)(=O)c1ccccc1. The van der Waals surface area contributed by atoms with E-state index in [4.69, 9.17) is 18.9 Å². The second kappa shape index (κ2) is 10.0. The third kappa shape index (κ3) is 4.61. The summed E-state index contributed by atoms with van der Waals surface area (Å²) in [6, 6.07) is 12.4. The maximum Gasteiger partial charge on any atom is 0.411 e. The van der Waals surface area contributed by atoms with Gasteiger partial charge < -0.3 is 18.9 Å². The van der Waals surface area contributed by atoms with E-state index in [-0.39, 0.29) is 24.2 Å². The lowest BCUT2D eigenvalue weighted by Crippen LogP contribution is -2.53. The lowest BCUT2D eigenvalue weighted by atomic mass is 9.88. The summed E-state index contributed by atoms with van der Waals surface area (Å²) in [5, 5.41) is -1.15. The maximum atomic E-state index is 14.1. The van der Waals surface area contributed by atoms with Gasteiger partial charge in [-0.25, -0.2) is 13.2 Å². The highest BCUT2D eigenvalue weighted by molar-refractivity contribution is 7.92. The van der Waals surface area contributed by atoms with Gasteiger partial charge in [0.1, 0.15) is 18.0 Å². The zero-order valence-corrected chi connectivity index (χ0v) is 20.8. The number of amides is 1. The van der Waals surface area contributed by atoms with Gasteiger partial charge in [-0.05, 0) is 48.6 Å². The second-order valence-corrected chi connectivity index (χ2v) is 11.4. The lowest BCUT2D eigenvalue weighted by Gasteiger charge is -2.39. The molecular formula is C26H29NO8S. The first kappa shape index (κ1) is 24.4. The van der Waals surface area contributed by atoms with E-state index in [1.807, 2.05) is 0 Å². The summed E-state index contributed by atoms with van der Waals surface area (Å²) in [7, 11) is -3.96. The number of fused-ring (bicyclic) bond motifs is 1. The van der Waals surface area contributed by atoms with Crippen LogP contribution in [0.4, 0.5) is 4.79 Å². The fraction of sp³-hybridized carbons (Fsp3) is 0.462. The number of hydrogen-bond donors (Lipinski definition) is 0. The number of rotatable bonds is 7. The average Bonchev–Trinajstić information content (AvgIpc) is 3.50. The normalized spacial score (nSPS) is 21.6. The van der Waals surface area contributed by atoms with Crippen molar-refractivity contribution < 1.29 is 37.0 Å². The summed E-state index contributed by atoms with van der Waals surface area (Å²) < 4.78 is 50.1. The van der Waals surface area contributed by atoms with Crippen LogP contribution >= 0.6 is 0 Å². The number of sulfone groups is 1. The minimum atomic E-state index is -3.96. The van der Waals surface area contributed by atoms with Gasteiger partial charge in [0.2, 0.25) is 6.79 Å². The van der Waals surface area contributed by atoms with Gasteiger partial charge >= 0.3 is 12.1 Å². The van der Waals surface area contributed by atoms with Crippen LogP contribution in [0.15, 0.2) is 53.4 Å². The predicted octanol–water partition coefficient (Wildman–Crippen LogP) is 4.22. The third-order valence-corrected chi connectivity index (χ3v) is 9.21. The quantitative estimate of drug-likeness (QED) is 0.505. The van der Waals surface area contributed by atoms with Crippen molar-refractivity contribution in [3.63, 3.8) is 0 Å². The summed E-state index contributed by atoms with van der Waals surface area (Å²) in [5.74, 6) is 0.216. The molecule has 9 nitrogen and oxygen atoms in total. The Labute approximate surface area is 210 Å². The first-order valence-electron chi connectivity index (χ1n) is 12.2. The molecule has 1 saturated heterocycles. The topological polar surface area (TPSA) is 108 Å². The van der Waals surface area contributed by atoms with E-state index < -0.39 is 39.4 Å². The van der Waals surface area contributed by atoms with E-state index in [0.29, 0.717) is 29.9 Å². The van der Waals surface area contributed by atoms with Gasteiger partial charge in [-0.15, -0.1) is 0 Å². The molecule has 0 radical (unpaired) electrons. The molecule has 0 spiro atoms. The summed E-state index contributed by atoms with van der Waals surface area (Å²) in [5.41, 5.74) is 0.558. The van der Waals surface area contributed by atoms with Gasteiger partial charge in [0, 0.05) is 6.92 Å². The number of benzene rings is 2. The molecule has 1 amide bonds. The van der Waals surface area contributed by atoms with Crippen LogP contribution in [-0.4, -0.2) is 50.2 Å². The Bertz CT molecular complexity index is 1230. The molecular weight excluding hydrogens is 486 g/mol. The minimum Gasteiger partial charge on any atom is -0.455 e. The monoisotopic (exact) mass is 515 g/mol. The molecule has 0 N–H and O–H groups in total. The Morgan fingerprint density at radius 2 is 1.72 bits per heavy atom. The van der Waals surface area contributed by atoms with Crippen LogP contribution in [0.5, 0.6) is 11.5 Å². The van der Waals surface area contributed by atoms with E-state index in [1.54, 1.807) is 48.5 Å². The molecule has 3 aliphatic rings. The van der Waals surface area contributed by atoms with Crippen molar-refractivity contribution in [1.82, 2.24) is 4.90 Å². The standard InChI is InChI=1S/C26H29NO8S/c1-17(28)35-24(19-12-13-22-23(14-19)34-16-33-22)21-15-32-26(29)27(21)25(18-8-4-2-5-9-18)36(30,31)20-10-6-3-7-11-20/h3,6-7,10-14,18,21,24-25H,2,4-5,8-9,15-16H2,1H3/t21-,24+,25?/m1/s1. The van der Waals surface area contributed by atoms with Gasteiger partial charge in [-0.3, -0.25) is 9.69 Å². The molecule has 10 heteroatoms. The van der Waals surface area contributed by atoms with Crippen LogP contribution in [0.1, 0.15) is 50.7 Å². The Balaban J connectivity index is 1.58. The van der Waals surface area contributed by atoms with Gasteiger partial charge in [0.15, 0.2) is 27.4 Å². The van der Waals surface area contributed by atoms with Crippen molar-refractivity contribution >= 4 is 21.9 Å². The average molecular weight is 516 g/mol. The molecule has 0 aromatic heterocycles. The number of esters is 1. The zero-order chi connectivity index (χ0) is 25.3. The van der Waals surface area contributed by atoms with Crippen LogP contribution < -0.4 is 9.47 Å². The van der Waals surface area contributed by atoms with Crippen LogP contribution in [-0.2, 0) is 24.1 Å². The van der Waals surface area contributed by atoms with Gasteiger partial charge in [-0.2, -0.15) is 0 Å². The molecule has 2 aromatic carbocycles. The molecule has 1 saturated carbocycles. The molecule has 0 bridgehead atoms. The summed E-state index contributed by atoms with van der Waals surface area (Å²) >= 11 is 0. The molecule has 1 aliphatic carbocycles. The lowest BCUT2D eigenvalue weighted by molar-refractivity contribution is -0.149. The second-order valence-electron chi connectivity index (χ2n) is 9.34. The first-order chi connectivity index (χ1) is 17.4. The molecule has 3 atom stereocenters. The number of ether oxygens (including phenoxy) is 4. The zero-order valence-electron chi connectivity index (χ0n) is 20.0. The van der Waals surface area contributed by atoms with Crippen molar-refractivity contribution in [2.75, 3.05) is 13.4 Å². The van der Waals surface area contributed by atoms with E-state index in [1.165, 1.54) is 11.8 Å². The number of cyclic esters (lactones) is 1.